The lowest BCUT2D eigenvalue weighted by atomic mass is 10.2. The average Bonchev–Trinajstić information content (AvgIpc) is 2.76. The summed E-state index contributed by atoms with van der Waals surface area (Å²) in [6.45, 7) is 2.15. The number of hydrogen-bond donors (Lipinski definition) is 1. The van der Waals surface area contributed by atoms with Gasteiger partial charge in [-0.2, -0.15) is 0 Å². The van der Waals surface area contributed by atoms with Crippen LogP contribution in [0.2, 0.25) is 9.49 Å². The summed E-state index contributed by atoms with van der Waals surface area (Å²) in [6.07, 6.45) is -0.518. The number of carbonyl (C=O) groups excluding carboxylic acids is 1. The van der Waals surface area contributed by atoms with Crippen LogP contribution in [0.5, 0.6) is 5.75 Å². The normalized spacial score (nSPS) is 10.3. The van der Waals surface area contributed by atoms with Crippen LogP contribution in [-0.4, -0.2) is 18.2 Å². The lowest BCUT2D eigenvalue weighted by molar-refractivity contribution is 0.187. The number of nitrogens with zero attached hydrogens (tertiary/aromatic N) is 1. The Labute approximate surface area is 135 Å². The lowest BCUT2D eigenvalue weighted by Crippen LogP contribution is -2.11. The Kier molecular flexibility index (Phi) is 5.27. The fraction of sp³-hybridized carbons (Fsp3) is 0.231. The van der Waals surface area contributed by atoms with Gasteiger partial charge in [-0.15, -0.1) is 11.3 Å². The summed E-state index contributed by atoms with van der Waals surface area (Å²) in [7, 11) is 1.31. The second kappa shape index (κ2) is 6.98. The quantitative estimate of drug-likeness (QED) is 0.884. The number of benzene rings is 1. The molecule has 0 spiro atoms. The van der Waals surface area contributed by atoms with Crippen LogP contribution in [0.15, 0.2) is 18.2 Å². The van der Waals surface area contributed by atoms with Crippen LogP contribution < -0.4 is 10.1 Å². The molecule has 0 fully saturated rings. The molecule has 0 unspecified atom stereocenters. The van der Waals surface area contributed by atoms with Gasteiger partial charge < -0.3 is 9.47 Å². The van der Waals surface area contributed by atoms with Crippen molar-refractivity contribution in [3.63, 3.8) is 0 Å². The molecule has 0 saturated heterocycles. The Morgan fingerprint density at radius 1 is 1.43 bits per heavy atom. The third-order valence-electron chi connectivity index (χ3n) is 2.55. The molecular formula is C13H12Cl2N2O3S. The minimum absolute atomic E-state index is 0.279. The number of nitrogens with one attached hydrogen (secondary N) is 1. The van der Waals surface area contributed by atoms with Crippen LogP contribution in [-0.2, 0) is 11.3 Å². The third kappa shape index (κ3) is 4.23. The van der Waals surface area contributed by atoms with E-state index < -0.39 is 6.09 Å². The van der Waals surface area contributed by atoms with E-state index in [1.807, 2.05) is 6.92 Å². The van der Waals surface area contributed by atoms with Gasteiger partial charge >= 0.3 is 6.09 Å². The molecule has 2 rings (SSSR count). The van der Waals surface area contributed by atoms with Gasteiger partial charge in [-0.3, -0.25) is 5.32 Å². The maximum Gasteiger partial charge on any atom is 0.411 e. The highest BCUT2D eigenvalue weighted by atomic mass is 35.5. The van der Waals surface area contributed by atoms with E-state index in [1.54, 1.807) is 18.2 Å². The predicted molar refractivity (Wildman–Crippen MR) is 83.7 cm³/mol. The van der Waals surface area contributed by atoms with Crippen LogP contribution in [0.3, 0.4) is 0 Å². The topological polar surface area (TPSA) is 60.5 Å². The molecule has 0 aliphatic rings. The summed E-state index contributed by atoms with van der Waals surface area (Å²) < 4.78 is 10.6. The first-order valence-corrected chi connectivity index (χ1v) is 7.46. The lowest BCUT2D eigenvalue weighted by Gasteiger charge is -2.10. The average molecular weight is 347 g/mol. The smallest absolute Gasteiger partial charge is 0.411 e. The Bertz CT molecular complexity index is 641. The van der Waals surface area contributed by atoms with E-state index in [1.165, 1.54) is 18.4 Å². The highest BCUT2D eigenvalue weighted by molar-refractivity contribution is 7.16. The predicted octanol–water partition coefficient (Wildman–Crippen LogP) is 4.52. The number of aryl methyl sites for hydroxylation is 1. The largest absolute Gasteiger partial charge is 0.486 e. The van der Waals surface area contributed by atoms with Crippen molar-refractivity contribution in [1.82, 2.24) is 4.98 Å². The monoisotopic (exact) mass is 346 g/mol. The van der Waals surface area contributed by atoms with Gasteiger partial charge in [0.25, 0.3) is 0 Å². The molecule has 8 heteroatoms. The Balaban J connectivity index is 2.02. The molecule has 1 aromatic carbocycles. The van der Waals surface area contributed by atoms with E-state index in [0.717, 1.165) is 5.56 Å². The van der Waals surface area contributed by atoms with Crippen molar-refractivity contribution in [2.75, 3.05) is 12.4 Å². The molecule has 21 heavy (non-hydrogen) atoms. The first kappa shape index (κ1) is 15.9. The van der Waals surface area contributed by atoms with Gasteiger partial charge in [-0.25, -0.2) is 9.78 Å². The number of thiazole rings is 1. The maximum absolute atomic E-state index is 11.1. The van der Waals surface area contributed by atoms with E-state index in [4.69, 9.17) is 27.9 Å². The molecule has 112 valence electrons. The fourth-order valence-electron chi connectivity index (χ4n) is 1.58. The number of anilines is 1. The molecular weight excluding hydrogens is 335 g/mol. The van der Waals surface area contributed by atoms with Crippen LogP contribution >= 0.6 is 34.5 Å². The zero-order valence-corrected chi connectivity index (χ0v) is 13.6. The summed E-state index contributed by atoms with van der Waals surface area (Å²) in [5.41, 5.74) is 1.50. The van der Waals surface area contributed by atoms with Gasteiger partial charge in [0.15, 0.2) is 5.15 Å². The van der Waals surface area contributed by atoms with Crippen LogP contribution in [0.4, 0.5) is 10.5 Å². The molecule has 1 aromatic heterocycles. The molecule has 1 amide bonds. The molecule has 0 bridgehead atoms. The highest BCUT2D eigenvalue weighted by Crippen LogP contribution is 2.29. The summed E-state index contributed by atoms with van der Waals surface area (Å²) in [6, 6.07) is 5.27. The molecule has 0 aliphatic carbocycles. The molecule has 0 radical (unpaired) electrons. The second-order valence-electron chi connectivity index (χ2n) is 4.06. The molecule has 0 saturated carbocycles. The van der Waals surface area contributed by atoms with Crippen molar-refractivity contribution < 1.29 is 14.3 Å². The summed E-state index contributed by atoms with van der Waals surface area (Å²) >= 11 is 12.9. The first-order chi connectivity index (χ1) is 9.99. The molecule has 2 aromatic rings. The minimum atomic E-state index is -0.518. The highest BCUT2D eigenvalue weighted by Gasteiger charge is 2.09. The SMILES string of the molecule is COC(=O)Nc1ccc(OCc2nc(Cl)c(Cl)s2)c(C)c1. The number of halogens is 2. The number of methoxy groups -OCH3 is 1. The van der Waals surface area contributed by atoms with Crippen LogP contribution in [0, 0.1) is 6.92 Å². The van der Waals surface area contributed by atoms with Crippen molar-refractivity contribution in [3.05, 3.63) is 38.3 Å². The summed E-state index contributed by atoms with van der Waals surface area (Å²) in [4.78, 5) is 15.2. The third-order valence-corrected chi connectivity index (χ3v) is 4.26. The van der Waals surface area contributed by atoms with Gasteiger partial charge in [0.1, 0.15) is 21.7 Å². The van der Waals surface area contributed by atoms with E-state index >= 15 is 0 Å². The Morgan fingerprint density at radius 3 is 2.76 bits per heavy atom. The number of aromatic nitrogens is 1. The zero-order valence-electron chi connectivity index (χ0n) is 11.3. The van der Waals surface area contributed by atoms with E-state index in [0.29, 0.717) is 20.8 Å². The van der Waals surface area contributed by atoms with Gasteiger partial charge in [0.2, 0.25) is 0 Å². The fourth-order valence-corrected chi connectivity index (χ4v) is 2.75. The second-order valence-corrected chi connectivity index (χ2v) is 6.10. The number of carbonyl (C=O) groups is 1. The number of hydrogen-bond acceptors (Lipinski definition) is 5. The first-order valence-electron chi connectivity index (χ1n) is 5.88. The van der Waals surface area contributed by atoms with Gasteiger partial charge in [0.05, 0.1) is 7.11 Å². The van der Waals surface area contributed by atoms with Crippen molar-refractivity contribution in [2.24, 2.45) is 0 Å². The van der Waals surface area contributed by atoms with Gasteiger partial charge in [-0.05, 0) is 30.7 Å². The molecule has 5 nitrogen and oxygen atoms in total. The maximum atomic E-state index is 11.1. The van der Waals surface area contributed by atoms with Gasteiger partial charge in [-0.1, -0.05) is 23.2 Å². The van der Waals surface area contributed by atoms with E-state index in [-0.39, 0.29) is 11.8 Å². The number of amides is 1. The standard InChI is InChI=1S/C13H12Cl2N2O3S/c1-7-5-8(16-13(18)19-2)3-4-9(7)20-6-10-17-11(14)12(15)21-10/h3-5H,6H2,1-2H3,(H,16,18). The molecule has 1 heterocycles. The molecule has 0 atom stereocenters. The van der Waals surface area contributed by atoms with E-state index in [2.05, 4.69) is 15.0 Å². The minimum Gasteiger partial charge on any atom is -0.486 e. The Hall–Kier alpha value is -1.50. The molecule has 0 aliphatic heterocycles. The number of ether oxygens (including phenoxy) is 2. The molecule has 1 N–H and O–H groups in total. The summed E-state index contributed by atoms with van der Waals surface area (Å²) in [5.74, 6) is 0.688. The van der Waals surface area contributed by atoms with Crippen molar-refractivity contribution in [2.45, 2.75) is 13.5 Å². The van der Waals surface area contributed by atoms with Crippen molar-refractivity contribution >= 4 is 46.3 Å². The van der Waals surface area contributed by atoms with Crippen molar-refractivity contribution in [3.8, 4) is 5.75 Å². The van der Waals surface area contributed by atoms with Gasteiger partial charge in [0, 0.05) is 5.69 Å². The van der Waals surface area contributed by atoms with Crippen molar-refractivity contribution in [1.29, 1.82) is 0 Å². The van der Waals surface area contributed by atoms with Crippen LogP contribution in [0.1, 0.15) is 10.6 Å². The van der Waals surface area contributed by atoms with Crippen LogP contribution in [0.25, 0.3) is 0 Å². The van der Waals surface area contributed by atoms with E-state index in [9.17, 15) is 4.79 Å². The number of rotatable bonds is 4. The Morgan fingerprint density at radius 2 is 2.19 bits per heavy atom. The zero-order chi connectivity index (χ0) is 15.4. The summed E-state index contributed by atoms with van der Waals surface area (Å²) in [5, 5.41) is 3.56.